The van der Waals surface area contributed by atoms with Gasteiger partial charge in [-0.2, -0.15) is 0 Å². The Morgan fingerprint density at radius 2 is 2.57 bits per heavy atom. The van der Waals surface area contributed by atoms with Crippen molar-refractivity contribution in [3.63, 3.8) is 0 Å². The molecule has 3 N–H and O–H groups in total. The van der Waals surface area contributed by atoms with Crippen LogP contribution in [-0.4, -0.2) is 17.6 Å². The first kappa shape index (κ1) is 2.13. The molecule has 0 saturated heterocycles. The molecule has 0 rings (SSSR count). The van der Waals surface area contributed by atoms with Gasteiger partial charge in [0.25, 0.3) is 0 Å². The van der Waals surface area contributed by atoms with Crippen LogP contribution in [0.3, 0.4) is 0 Å². The summed E-state index contributed by atoms with van der Waals surface area (Å²) in [5, 5.41) is 8.24. The Bertz CT molecular complexity index is 169. The van der Waals surface area contributed by atoms with Crippen LogP contribution in [-0.2, 0) is 4.79 Å². The SMILES string of the molecule is [2H]C([2H])(CN)C([2H])([2H])C(=O)O. The minimum atomic E-state index is -2.93. The Morgan fingerprint density at radius 3 is 2.71 bits per heavy atom. The van der Waals surface area contributed by atoms with Crippen molar-refractivity contribution in [2.75, 3.05) is 6.54 Å². The fourth-order valence-corrected chi connectivity index (χ4v) is 0.127. The van der Waals surface area contributed by atoms with Crippen molar-refractivity contribution in [1.29, 1.82) is 0 Å². The van der Waals surface area contributed by atoms with Crippen LogP contribution in [0, 0.1) is 0 Å². The summed E-state index contributed by atoms with van der Waals surface area (Å²) in [6, 6.07) is 0. The molecule has 0 heterocycles. The molecule has 0 unspecified atom stereocenters. The molecule has 0 aliphatic rings. The van der Waals surface area contributed by atoms with E-state index in [1.54, 1.807) is 0 Å². The Balaban J connectivity index is 4.67. The number of nitrogens with two attached hydrogens (primary N) is 1. The normalized spacial score (nSPS) is 21.3. The van der Waals surface area contributed by atoms with Gasteiger partial charge in [0.2, 0.25) is 0 Å². The van der Waals surface area contributed by atoms with E-state index >= 15 is 0 Å². The van der Waals surface area contributed by atoms with Crippen molar-refractivity contribution in [2.45, 2.75) is 12.7 Å². The highest BCUT2D eigenvalue weighted by Gasteiger charge is 1.91. The lowest BCUT2D eigenvalue weighted by molar-refractivity contribution is -0.137. The second-order valence-corrected chi connectivity index (χ2v) is 0.811. The highest BCUT2D eigenvalue weighted by atomic mass is 16.4. The minimum Gasteiger partial charge on any atom is -0.481 e. The van der Waals surface area contributed by atoms with Crippen LogP contribution >= 0.6 is 0 Å². The van der Waals surface area contributed by atoms with Crippen LogP contribution in [0.1, 0.15) is 18.2 Å². The molecule has 0 amide bonds. The van der Waals surface area contributed by atoms with Gasteiger partial charge in [0, 0.05) is 11.9 Å². The highest BCUT2D eigenvalue weighted by Crippen LogP contribution is 1.82. The monoisotopic (exact) mass is 107 g/mol. The third-order valence-corrected chi connectivity index (χ3v) is 0.297. The molecule has 0 spiro atoms. The van der Waals surface area contributed by atoms with Gasteiger partial charge in [0.05, 0.1) is 0 Å². The standard InChI is InChI=1S/C4H9NO2/c5-3-1-2-4(6)7/h1-3,5H2,(H,6,7)/i1D2,2D2. The van der Waals surface area contributed by atoms with Gasteiger partial charge >= 0.3 is 5.97 Å². The van der Waals surface area contributed by atoms with Crippen molar-refractivity contribution in [3.05, 3.63) is 0 Å². The summed E-state index contributed by atoms with van der Waals surface area (Å²) < 4.78 is 27.4. The lowest BCUT2D eigenvalue weighted by Crippen LogP contribution is -2.02. The van der Waals surface area contributed by atoms with E-state index in [4.69, 9.17) is 16.3 Å². The Hall–Kier alpha value is -0.570. The molecule has 0 aromatic rings. The summed E-state index contributed by atoms with van der Waals surface area (Å²) in [7, 11) is 0. The van der Waals surface area contributed by atoms with E-state index in [0.717, 1.165) is 0 Å². The van der Waals surface area contributed by atoms with Gasteiger partial charge in [0.1, 0.15) is 0 Å². The molecular weight excluding hydrogens is 94.0 g/mol. The highest BCUT2D eigenvalue weighted by molar-refractivity contribution is 5.66. The van der Waals surface area contributed by atoms with Gasteiger partial charge < -0.3 is 10.8 Å². The fraction of sp³-hybridized carbons (Fsp3) is 0.750. The lowest BCUT2D eigenvalue weighted by Gasteiger charge is -1.86. The van der Waals surface area contributed by atoms with Crippen LogP contribution in [0.2, 0.25) is 0 Å². The molecule has 0 aromatic carbocycles. The molecule has 0 saturated carbocycles. The third-order valence-electron chi connectivity index (χ3n) is 0.297. The van der Waals surface area contributed by atoms with Crippen LogP contribution < -0.4 is 5.73 Å². The summed E-state index contributed by atoms with van der Waals surface area (Å²) in [5.74, 6) is -1.84. The van der Waals surface area contributed by atoms with Crippen molar-refractivity contribution in [2.24, 2.45) is 5.73 Å². The average Bonchev–Trinajstić information content (AvgIpc) is 1.87. The van der Waals surface area contributed by atoms with E-state index in [0.29, 0.717) is 0 Å². The van der Waals surface area contributed by atoms with Crippen molar-refractivity contribution >= 4 is 5.97 Å². The van der Waals surface area contributed by atoms with E-state index in [1.165, 1.54) is 0 Å². The first-order valence-electron chi connectivity index (χ1n) is 3.69. The van der Waals surface area contributed by atoms with Gasteiger partial charge in [0.15, 0.2) is 0 Å². The summed E-state index contributed by atoms with van der Waals surface area (Å²) in [6.45, 7) is -0.660. The first-order valence-corrected chi connectivity index (χ1v) is 1.69. The topological polar surface area (TPSA) is 63.3 Å². The number of carbonyl (C=O) groups is 1. The predicted molar refractivity (Wildman–Crippen MR) is 25.9 cm³/mol. The Labute approximate surface area is 47.7 Å². The van der Waals surface area contributed by atoms with Crippen molar-refractivity contribution in [1.82, 2.24) is 0 Å². The second-order valence-electron chi connectivity index (χ2n) is 0.811. The van der Waals surface area contributed by atoms with Gasteiger partial charge in [-0.15, -0.1) is 0 Å². The van der Waals surface area contributed by atoms with Gasteiger partial charge in [-0.1, -0.05) is 0 Å². The predicted octanol–water partition coefficient (Wildman–Crippen LogP) is -0.190. The molecule has 42 valence electrons. The molecule has 0 fully saturated rings. The van der Waals surface area contributed by atoms with Crippen LogP contribution in [0.25, 0.3) is 0 Å². The van der Waals surface area contributed by atoms with E-state index < -0.39 is 25.3 Å². The van der Waals surface area contributed by atoms with E-state index in [-0.39, 0.29) is 0 Å². The molecule has 0 aromatic heterocycles. The van der Waals surface area contributed by atoms with Crippen molar-refractivity contribution in [3.8, 4) is 0 Å². The third kappa shape index (κ3) is 5.43. The number of hydrogen-bond donors (Lipinski definition) is 2. The number of hydrogen-bond acceptors (Lipinski definition) is 2. The lowest BCUT2D eigenvalue weighted by atomic mass is 10.3. The van der Waals surface area contributed by atoms with E-state index in [1.807, 2.05) is 0 Å². The minimum absolute atomic E-state index is 0.660. The maximum Gasteiger partial charge on any atom is 0.303 e. The number of aliphatic carboxylic acids is 1. The molecule has 3 nitrogen and oxygen atoms in total. The molecule has 7 heavy (non-hydrogen) atoms. The maximum atomic E-state index is 10.2. The quantitative estimate of drug-likeness (QED) is 0.525. The smallest absolute Gasteiger partial charge is 0.303 e. The van der Waals surface area contributed by atoms with Crippen LogP contribution in [0.4, 0.5) is 0 Å². The van der Waals surface area contributed by atoms with E-state index in [9.17, 15) is 4.79 Å². The second kappa shape index (κ2) is 3.61. The number of carboxylic acid groups (broad SMARTS) is 1. The average molecular weight is 107 g/mol. The summed E-state index contributed by atoms with van der Waals surface area (Å²) in [4.78, 5) is 10.2. The fourth-order valence-electron chi connectivity index (χ4n) is 0.127. The van der Waals surface area contributed by atoms with Crippen LogP contribution in [0.5, 0.6) is 0 Å². The summed E-state index contributed by atoms with van der Waals surface area (Å²) in [6.07, 6.45) is -5.46. The number of rotatable bonds is 3. The largest absolute Gasteiger partial charge is 0.481 e. The molecular formula is C4H9NO2. The zero-order valence-electron chi connectivity index (χ0n) is 7.64. The molecule has 3 heteroatoms. The van der Waals surface area contributed by atoms with Gasteiger partial charge in [-0.3, -0.25) is 4.79 Å². The molecule has 0 radical (unpaired) electrons. The zero-order chi connectivity index (χ0) is 9.28. The molecule has 0 atom stereocenters. The Kier molecular flexibility index (Phi) is 1.10. The van der Waals surface area contributed by atoms with E-state index in [2.05, 4.69) is 0 Å². The number of carboxylic acids is 1. The van der Waals surface area contributed by atoms with Gasteiger partial charge in [-0.05, 0) is 12.9 Å². The van der Waals surface area contributed by atoms with Gasteiger partial charge in [-0.25, -0.2) is 0 Å². The summed E-state index contributed by atoms with van der Waals surface area (Å²) >= 11 is 0. The maximum absolute atomic E-state index is 10.2. The zero-order valence-corrected chi connectivity index (χ0v) is 3.64. The first-order chi connectivity index (χ1) is 4.75. The summed E-state index contributed by atoms with van der Waals surface area (Å²) in [5.41, 5.74) is 4.85. The molecule has 0 aliphatic carbocycles. The van der Waals surface area contributed by atoms with Crippen LogP contribution in [0.15, 0.2) is 0 Å². The molecule has 0 aliphatic heterocycles. The molecule has 0 bridgehead atoms. The Morgan fingerprint density at radius 1 is 2.00 bits per heavy atom. The van der Waals surface area contributed by atoms with Crippen molar-refractivity contribution < 1.29 is 15.4 Å².